The molecule has 0 aliphatic heterocycles. The maximum Gasteiger partial charge on any atom is 0.152 e. The van der Waals surface area contributed by atoms with E-state index >= 15 is 0 Å². The maximum atomic E-state index is 5.45. The van der Waals surface area contributed by atoms with Gasteiger partial charge in [0.25, 0.3) is 0 Å². The molecule has 2 rings (SSSR count). The number of aromatic nitrogens is 2. The normalized spacial score (nSPS) is 11.2. The van der Waals surface area contributed by atoms with Crippen molar-refractivity contribution in [2.24, 2.45) is 0 Å². The zero-order valence-corrected chi connectivity index (χ0v) is 13.3. The van der Waals surface area contributed by atoms with Gasteiger partial charge in [0.2, 0.25) is 0 Å². The largest absolute Gasteiger partial charge is 0.380 e. The average molecular weight is 290 g/mol. The summed E-state index contributed by atoms with van der Waals surface area (Å²) in [4.78, 5) is 6.94. The van der Waals surface area contributed by atoms with E-state index in [0.29, 0.717) is 0 Å². The lowest BCUT2D eigenvalue weighted by atomic mass is 10.3. The van der Waals surface area contributed by atoms with Crippen LogP contribution in [0, 0.1) is 0 Å². The van der Waals surface area contributed by atoms with Gasteiger partial charge >= 0.3 is 0 Å². The molecule has 0 aliphatic rings. The van der Waals surface area contributed by atoms with Gasteiger partial charge in [-0.15, -0.1) is 0 Å². The standard InChI is InChI=1S/C16H26N4O/c1-4-9-17-13-14-16(19(3)11-12-21-5-2)18-15-8-6-7-10-20(14)15/h6-8,10,17H,4-5,9,11-13H2,1-3H3. The minimum absolute atomic E-state index is 0.725. The Morgan fingerprint density at radius 2 is 2.19 bits per heavy atom. The molecule has 0 saturated heterocycles. The summed E-state index contributed by atoms with van der Waals surface area (Å²) in [6.45, 7) is 8.36. The van der Waals surface area contributed by atoms with Gasteiger partial charge < -0.3 is 19.4 Å². The molecule has 0 unspecified atom stereocenters. The highest BCUT2D eigenvalue weighted by Crippen LogP contribution is 2.20. The quantitative estimate of drug-likeness (QED) is 0.720. The van der Waals surface area contributed by atoms with E-state index in [0.717, 1.165) is 50.7 Å². The number of nitrogens with one attached hydrogen (secondary N) is 1. The molecule has 5 heteroatoms. The minimum Gasteiger partial charge on any atom is -0.380 e. The first-order chi connectivity index (χ1) is 10.3. The number of anilines is 1. The van der Waals surface area contributed by atoms with Crippen molar-refractivity contribution in [3.8, 4) is 0 Å². The molecule has 0 fully saturated rings. The maximum absolute atomic E-state index is 5.45. The number of nitrogens with zero attached hydrogens (tertiary/aromatic N) is 3. The first-order valence-corrected chi connectivity index (χ1v) is 7.73. The Hall–Kier alpha value is -1.59. The van der Waals surface area contributed by atoms with Gasteiger partial charge in [-0.05, 0) is 32.0 Å². The number of pyridine rings is 1. The first kappa shape index (κ1) is 15.8. The topological polar surface area (TPSA) is 41.8 Å². The molecule has 2 aromatic rings. The SMILES string of the molecule is CCCNCc1c(N(C)CCOCC)nc2ccccn12. The van der Waals surface area contributed by atoms with Crippen LogP contribution in [0.3, 0.4) is 0 Å². The van der Waals surface area contributed by atoms with Crippen LogP contribution in [0.4, 0.5) is 5.82 Å². The van der Waals surface area contributed by atoms with Crippen molar-refractivity contribution in [1.82, 2.24) is 14.7 Å². The molecular weight excluding hydrogens is 264 g/mol. The Labute approximate surface area is 126 Å². The summed E-state index contributed by atoms with van der Waals surface area (Å²) >= 11 is 0. The van der Waals surface area contributed by atoms with Crippen molar-refractivity contribution in [3.63, 3.8) is 0 Å². The number of rotatable bonds is 9. The van der Waals surface area contributed by atoms with Gasteiger partial charge in [0.15, 0.2) is 5.82 Å². The zero-order valence-electron chi connectivity index (χ0n) is 13.3. The first-order valence-electron chi connectivity index (χ1n) is 7.73. The summed E-state index contributed by atoms with van der Waals surface area (Å²) in [6, 6.07) is 6.11. The third-order valence-corrected chi connectivity index (χ3v) is 3.46. The van der Waals surface area contributed by atoms with E-state index in [1.54, 1.807) is 0 Å². The van der Waals surface area contributed by atoms with E-state index in [-0.39, 0.29) is 0 Å². The van der Waals surface area contributed by atoms with E-state index in [4.69, 9.17) is 9.72 Å². The van der Waals surface area contributed by atoms with Crippen LogP contribution >= 0.6 is 0 Å². The predicted octanol–water partition coefficient (Wildman–Crippen LogP) is 2.31. The summed E-state index contributed by atoms with van der Waals surface area (Å²) in [5.41, 5.74) is 2.20. The van der Waals surface area contributed by atoms with Crippen molar-refractivity contribution >= 4 is 11.5 Å². The molecule has 0 bridgehead atoms. The predicted molar refractivity (Wildman–Crippen MR) is 87.0 cm³/mol. The molecule has 21 heavy (non-hydrogen) atoms. The van der Waals surface area contributed by atoms with Gasteiger partial charge in [-0.3, -0.25) is 0 Å². The molecule has 0 saturated carbocycles. The van der Waals surface area contributed by atoms with Gasteiger partial charge in [0.05, 0.1) is 12.3 Å². The van der Waals surface area contributed by atoms with Crippen LogP contribution in [0.15, 0.2) is 24.4 Å². The number of likely N-dealkylation sites (N-methyl/N-ethyl adjacent to an activating group) is 1. The highest BCUT2D eigenvalue weighted by atomic mass is 16.5. The third-order valence-electron chi connectivity index (χ3n) is 3.46. The molecule has 0 atom stereocenters. The molecule has 2 aromatic heterocycles. The lowest BCUT2D eigenvalue weighted by Gasteiger charge is -2.18. The van der Waals surface area contributed by atoms with Crippen LogP contribution in [-0.2, 0) is 11.3 Å². The fourth-order valence-electron chi connectivity index (χ4n) is 2.34. The van der Waals surface area contributed by atoms with Crippen LogP contribution in [0.1, 0.15) is 26.0 Å². The van der Waals surface area contributed by atoms with Crippen LogP contribution < -0.4 is 10.2 Å². The fourth-order valence-corrected chi connectivity index (χ4v) is 2.34. The lowest BCUT2D eigenvalue weighted by molar-refractivity contribution is 0.154. The van der Waals surface area contributed by atoms with Crippen molar-refractivity contribution in [2.75, 3.05) is 38.3 Å². The van der Waals surface area contributed by atoms with E-state index in [1.165, 1.54) is 5.69 Å². The summed E-state index contributed by atoms with van der Waals surface area (Å²) in [5.74, 6) is 1.03. The third kappa shape index (κ3) is 3.95. The van der Waals surface area contributed by atoms with Gasteiger partial charge in [0.1, 0.15) is 5.65 Å². The van der Waals surface area contributed by atoms with E-state index in [1.807, 2.05) is 25.1 Å². The van der Waals surface area contributed by atoms with Crippen molar-refractivity contribution in [2.45, 2.75) is 26.8 Å². The number of hydrogen-bond acceptors (Lipinski definition) is 4. The van der Waals surface area contributed by atoms with Crippen molar-refractivity contribution in [1.29, 1.82) is 0 Å². The molecule has 2 heterocycles. The number of ether oxygens (including phenoxy) is 1. The molecular formula is C16H26N4O. The lowest BCUT2D eigenvalue weighted by Crippen LogP contribution is -2.25. The van der Waals surface area contributed by atoms with Gasteiger partial charge in [-0.1, -0.05) is 13.0 Å². The van der Waals surface area contributed by atoms with Crippen LogP contribution in [0.2, 0.25) is 0 Å². The molecule has 0 aliphatic carbocycles. The van der Waals surface area contributed by atoms with Crippen molar-refractivity contribution < 1.29 is 4.74 Å². The summed E-state index contributed by atoms with van der Waals surface area (Å²) in [6.07, 6.45) is 3.21. The molecule has 5 nitrogen and oxygen atoms in total. The van der Waals surface area contributed by atoms with Gasteiger partial charge in [-0.2, -0.15) is 0 Å². The Morgan fingerprint density at radius 3 is 2.95 bits per heavy atom. The molecule has 116 valence electrons. The van der Waals surface area contributed by atoms with E-state index < -0.39 is 0 Å². The number of imidazole rings is 1. The van der Waals surface area contributed by atoms with Crippen LogP contribution in [0.5, 0.6) is 0 Å². The Morgan fingerprint density at radius 1 is 1.33 bits per heavy atom. The number of fused-ring (bicyclic) bond motifs is 1. The van der Waals surface area contributed by atoms with Crippen LogP contribution in [-0.4, -0.2) is 42.7 Å². The van der Waals surface area contributed by atoms with E-state index in [2.05, 4.69) is 34.8 Å². The van der Waals surface area contributed by atoms with Gasteiger partial charge in [-0.25, -0.2) is 4.98 Å². The van der Waals surface area contributed by atoms with Crippen LogP contribution in [0.25, 0.3) is 5.65 Å². The Balaban J connectivity index is 2.21. The Kier molecular flexibility index (Phi) is 6.02. The molecule has 0 spiro atoms. The molecule has 0 amide bonds. The Bertz CT molecular complexity index is 552. The van der Waals surface area contributed by atoms with Gasteiger partial charge in [0, 0.05) is 32.9 Å². The highest BCUT2D eigenvalue weighted by Gasteiger charge is 2.14. The molecule has 0 radical (unpaired) electrons. The zero-order chi connectivity index (χ0) is 15.1. The molecule has 1 N–H and O–H groups in total. The second-order valence-electron chi connectivity index (χ2n) is 5.11. The summed E-state index contributed by atoms with van der Waals surface area (Å²) < 4.78 is 7.61. The monoisotopic (exact) mass is 290 g/mol. The van der Waals surface area contributed by atoms with E-state index in [9.17, 15) is 0 Å². The summed E-state index contributed by atoms with van der Waals surface area (Å²) in [7, 11) is 2.07. The second kappa shape index (κ2) is 8.00. The second-order valence-corrected chi connectivity index (χ2v) is 5.11. The fraction of sp³-hybridized carbons (Fsp3) is 0.562. The number of hydrogen-bond donors (Lipinski definition) is 1. The molecule has 0 aromatic carbocycles. The average Bonchev–Trinajstić information content (AvgIpc) is 2.87. The minimum atomic E-state index is 0.725. The summed E-state index contributed by atoms with van der Waals surface area (Å²) in [5, 5.41) is 3.47. The smallest absolute Gasteiger partial charge is 0.152 e. The van der Waals surface area contributed by atoms with Crippen molar-refractivity contribution in [3.05, 3.63) is 30.1 Å². The highest BCUT2D eigenvalue weighted by molar-refractivity contribution is 5.55.